The van der Waals surface area contributed by atoms with Crippen LogP contribution in [0.25, 0.3) is 0 Å². The molecule has 100 valence electrons. The molecule has 0 unspecified atom stereocenters. The van der Waals surface area contributed by atoms with Gasteiger partial charge in [0, 0.05) is 15.5 Å². The highest BCUT2D eigenvalue weighted by Crippen LogP contribution is 2.33. The minimum absolute atomic E-state index is 0.572. The molecule has 0 spiro atoms. The van der Waals surface area contributed by atoms with Crippen LogP contribution in [0.5, 0.6) is 0 Å². The highest BCUT2D eigenvalue weighted by molar-refractivity contribution is 9.11. The zero-order chi connectivity index (χ0) is 14.0. The normalized spacial score (nSPS) is 10.6. The lowest BCUT2D eigenvalue weighted by Gasteiger charge is -2.12. The van der Waals surface area contributed by atoms with Crippen LogP contribution in [-0.2, 0) is 6.54 Å². The summed E-state index contributed by atoms with van der Waals surface area (Å²) >= 11 is 19.0. The van der Waals surface area contributed by atoms with Gasteiger partial charge in [0.15, 0.2) is 0 Å². The van der Waals surface area contributed by atoms with Gasteiger partial charge < -0.3 is 5.32 Å². The summed E-state index contributed by atoms with van der Waals surface area (Å²) in [6.07, 6.45) is 0. The highest BCUT2D eigenvalue weighted by atomic mass is 79.9. The Morgan fingerprint density at radius 2 is 1.63 bits per heavy atom. The van der Waals surface area contributed by atoms with E-state index < -0.39 is 0 Å². The van der Waals surface area contributed by atoms with Crippen molar-refractivity contribution in [3.63, 3.8) is 0 Å². The van der Waals surface area contributed by atoms with E-state index in [2.05, 4.69) is 56.2 Å². The summed E-state index contributed by atoms with van der Waals surface area (Å²) in [6, 6.07) is 9.77. The number of hydrogen-bond acceptors (Lipinski definition) is 1. The highest BCUT2D eigenvalue weighted by Gasteiger charge is 2.06. The third-order valence-electron chi connectivity index (χ3n) is 2.64. The zero-order valence-electron chi connectivity index (χ0n) is 10.1. The molecule has 0 aliphatic carbocycles. The van der Waals surface area contributed by atoms with Crippen LogP contribution in [0.3, 0.4) is 0 Å². The van der Waals surface area contributed by atoms with Crippen LogP contribution >= 0.6 is 55.1 Å². The molecule has 1 nitrogen and oxygen atoms in total. The van der Waals surface area contributed by atoms with Gasteiger partial charge in [-0.3, -0.25) is 0 Å². The summed E-state index contributed by atoms with van der Waals surface area (Å²) in [7, 11) is 0. The zero-order valence-corrected chi connectivity index (χ0v) is 14.8. The Labute approximate surface area is 139 Å². The minimum Gasteiger partial charge on any atom is -0.379 e. The van der Waals surface area contributed by atoms with E-state index in [1.165, 1.54) is 5.56 Å². The van der Waals surface area contributed by atoms with Gasteiger partial charge >= 0.3 is 0 Å². The van der Waals surface area contributed by atoms with Crippen LogP contribution in [0.2, 0.25) is 10.0 Å². The molecule has 2 aromatic rings. The minimum atomic E-state index is 0.572. The SMILES string of the molecule is Cc1cc(Br)c(NCc2ccc(Cl)c(Cl)c2)c(Br)c1. The fourth-order valence-corrected chi connectivity index (χ4v) is 3.73. The number of rotatable bonds is 3. The second-order valence-corrected chi connectivity index (χ2v) is 6.73. The van der Waals surface area contributed by atoms with Gasteiger partial charge in [0.05, 0.1) is 15.7 Å². The van der Waals surface area contributed by atoms with Gasteiger partial charge in [-0.15, -0.1) is 0 Å². The number of hydrogen-bond donors (Lipinski definition) is 1. The maximum Gasteiger partial charge on any atom is 0.0631 e. The number of benzene rings is 2. The molecule has 0 saturated heterocycles. The van der Waals surface area contributed by atoms with Crippen molar-refractivity contribution >= 4 is 60.7 Å². The van der Waals surface area contributed by atoms with Crippen molar-refractivity contribution < 1.29 is 0 Å². The molecule has 0 heterocycles. The summed E-state index contributed by atoms with van der Waals surface area (Å²) in [6.45, 7) is 2.73. The van der Waals surface area contributed by atoms with E-state index in [-0.39, 0.29) is 0 Å². The van der Waals surface area contributed by atoms with Crippen LogP contribution in [0.15, 0.2) is 39.3 Å². The fraction of sp³-hybridized carbons (Fsp3) is 0.143. The monoisotopic (exact) mass is 421 g/mol. The molecule has 0 saturated carbocycles. The van der Waals surface area contributed by atoms with Crippen LogP contribution in [0.1, 0.15) is 11.1 Å². The maximum atomic E-state index is 6.00. The largest absolute Gasteiger partial charge is 0.379 e. The first-order valence-corrected chi connectivity index (χ1v) is 7.95. The van der Waals surface area contributed by atoms with Crippen molar-refractivity contribution in [2.75, 3.05) is 5.32 Å². The second-order valence-electron chi connectivity index (χ2n) is 4.21. The lowest BCUT2D eigenvalue weighted by molar-refractivity contribution is 1.14. The van der Waals surface area contributed by atoms with Crippen molar-refractivity contribution in [2.45, 2.75) is 13.5 Å². The molecule has 0 aliphatic heterocycles. The Morgan fingerprint density at radius 3 is 2.21 bits per heavy atom. The predicted octanol–water partition coefficient (Wildman–Crippen LogP) is 6.44. The molecule has 2 rings (SSSR count). The van der Waals surface area contributed by atoms with E-state index >= 15 is 0 Å². The standard InChI is InChI=1S/C14H11Br2Cl2N/c1-8-4-10(15)14(11(16)5-8)19-7-9-2-3-12(17)13(18)6-9/h2-6,19H,7H2,1H3. The lowest BCUT2D eigenvalue weighted by Crippen LogP contribution is -2.01. The van der Waals surface area contributed by atoms with Gasteiger partial charge in [0.1, 0.15) is 0 Å². The Kier molecular flexibility index (Phi) is 5.18. The Balaban J connectivity index is 2.16. The topological polar surface area (TPSA) is 12.0 Å². The predicted molar refractivity (Wildman–Crippen MR) is 90.4 cm³/mol. The number of nitrogens with one attached hydrogen (secondary N) is 1. The first kappa shape index (κ1) is 15.2. The van der Waals surface area contributed by atoms with Gasteiger partial charge in [-0.05, 0) is 74.2 Å². The molecular weight excluding hydrogens is 413 g/mol. The van der Waals surface area contributed by atoms with E-state index in [0.29, 0.717) is 16.6 Å². The number of halogens is 4. The Hall–Kier alpha value is -0.220. The van der Waals surface area contributed by atoms with Gasteiger partial charge in [-0.25, -0.2) is 0 Å². The van der Waals surface area contributed by atoms with E-state index in [4.69, 9.17) is 23.2 Å². The molecule has 0 amide bonds. The molecule has 1 N–H and O–H groups in total. The number of aryl methyl sites for hydroxylation is 1. The fourth-order valence-electron chi connectivity index (χ4n) is 1.71. The van der Waals surface area contributed by atoms with Crippen molar-refractivity contribution in [2.24, 2.45) is 0 Å². The molecule has 19 heavy (non-hydrogen) atoms. The van der Waals surface area contributed by atoms with Gasteiger partial charge in [-0.2, -0.15) is 0 Å². The molecule has 0 radical (unpaired) electrons. The lowest BCUT2D eigenvalue weighted by atomic mass is 10.2. The maximum absolute atomic E-state index is 6.00. The third kappa shape index (κ3) is 3.88. The third-order valence-corrected chi connectivity index (χ3v) is 4.63. The van der Waals surface area contributed by atoms with E-state index in [1.807, 2.05) is 12.1 Å². The second kappa shape index (κ2) is 6.49. The van der Waals surface area contributed by atoms with Gasteiger partial charge in [0.25, 0.3) is 0 Å². The van der Waals surface area contributed by atoms with Crippen LogP contribution < -0.4 is 5.32 Å². The molecular formula is C14H11Br2Cl2N. The van der Waals surface area contributed by atoms with E-state index in [1.54, 1.807) is 6.07 Å². The van der Waals surface area contributed by atoms with Crippen molar-refractivity contribution in [1.82, 2.24) is 0 Å². The number of anilines is 1. The molecule has 0 bridgehead atoms. The van der Waals surface area contributed by atoms with Crippen molar-refractivity contribution in [3.05, 3.63) is 60.4 Å². The van der Waals surface area contributed by atoms with E-state index in [0.717, 1.165) is 20.2 Å². The van der Waals surface area contributed by atoms with Crippen LogP contribution in [0, 0.1) is 6.92 Å². The smallest absolute Gasteiger partial charge is 0.0631 e. The van der Waals surface area contributed by atoms with Crippen molar-refractivity contribution in [1.29, 1.82) is 0 Å². The average Bonchev–Trinajstić information content (AvgIpc) is 2.32. The molecule has 0 aromatic heterocycles. The summed E-state index contributed by atoms with van der Waals surface area (Å²) in [5.41, 5.74) is 3.30. The van der Waals surface area contributed by atoms with Crippen LogP contribution in [-0.4, -0.2) is 0 Å². The molecule has 2 aromatic carbocycles. The van der Waals surface area contributed by atoms with Crippen LogP contribution in [0.4, 0.5) is 5.69 Å². The quantitative estimate of drug-likeness (QED) is 0.599. The summed E-state index contributed by atoms with van der Waals surface area (Å²) in [5.74, 6) is 0. The first-order valence-electron chi connectivity index (χ1n) is 5.61. The summed E-state index contributed by atoms with van der Waals surface area (Å²) in [5, 5.41) is 4.52. The first-order chi connectivity index (χ1) is 8.97. The van der Waals surface area contributed by atoms with E-state index in [9.17, 15) is 0 Å². The van der Waals surface area contributed by atoms with Gasteiger partial charge in [0.2, 0.25) is 0 Å². The Morgan fingerprint density at radius 1 is 1.00 bits per heavy atom. The van der Waals surface area contributed by atoms with Gasteiger partial charge in [-0.1, -0.05) is 29.3 Å². The molecule has 0 fully saturated rings. The molecule has 0 atom stereocenters. The molecule has 5 heteroatoms. The summed E-state index contributed by atoms with van der Waals surface area (Å²) in [4.78, 5) is 0. The molecule has 0 aliphatic rings. The van der Waals surface area contributed by atoms with Crippen molar-refractivity contribution in [3.8, 4) is 0 Å². The Bertz CT molecular complexity index is 591. The summed E-state index contributed by atoms with van der Waals surface area (Å²) < 4.78 is 2.05. The average molecular weight is 424 g/mol.